The molecule has 0 radical (unpaired) electrons. The molecule has 172 valence electrons. The number of hydrogen-bond donors (Lipinski definition) is 0. The van der Waals surface area contributed by atoms with Crippen LogP contribution in [0, 0.1) is 11.3 Å². The number of fused-ring (bicyclic) bond motifs is 2. The number of nitrogens with zero attached hydrogens (tertiary/aromatic N) is 6. The number of benzene rings is 1. The first-order valence-corrected chi connectivity index (χ1v) is 11.7. The zero-order chi connectivity index (χ0) is 24.0. The molecule has 1 aliphatic carbocycles. The highest BCUT2D eigenvalue weighted by Crippen LogP contribution is 2.39. The summed E-state index contributed by atoms with van der Waals surface area (Å²) in [6.45, 7) is 0. The number of imidazole rings is 1. The molecule has 0 unspecified atom stereocenters. The maximum Gasteiger partial charge on any atom is 0.332 e. The summed E-state index contributed by atoms with van der Waals surface area (Å²) in [5, 5.41) is 10.4. The van der Waals surface area contributed by atoms with Crippen LogP contribution in [-0.2, 0) is 34.0 Å². The van der Waals surface area contributed by atoms with Gasteiger partial charge in [-0.25, -0.2) is 9.79 Å². The van der Waals surface area contributed by atoms with E-state index in [-0.39, 0.29) is 17.2 Å². The maximum absolute atomic E-state index is 12.6. The Morgan fingerprint density at radius 1 is 1.15 bits per heavy atom. The van der Waals surface area contributed by atoms with Crippen molar-refractivity contribution in [3.05, 3.63) is 66.7 Å². The van der Waals surface area contributed by atoms with E-state index in [2.05, 4.69) is 16.0 Å². The minimum atomic E-state index is -0.452. The van der Waals surface area contributed by atoms with E-state index in [1.807, 2.05) is 12.1 Å². The monoisotopic (exact) mass is 474 g/mol. The average Bonchev–Trinajstić information content (AvgIpc) is 3.37. The minimum absolute atomic E-state index is 0.195. The SMILES string of the molecule is Cn1c(=O)c2c(nc(Oc3cccc(C=Nc4sc5c(c4C#N)CCCC5)c3)n2C)n(C)c1=O. The van der Waals surface area contributed by atoms with Crippen LogP contribution >= 0.6 is 11.3 Å². The third-order valence-corrected chi connectivity index (χ3v) is 7.30. The highest BCUT2D eigenvalue weighted by Gasteiger charge is 2.20. The summed E-state index contributed by atoms with van der Waals surface area (Å²) in [5.74, 6) is 0.509. The van der Waals surface area contributed by atoms with Crippen molar-refractivity contribution >= 4 is 33.7 Å². The van der Waals surface area contributed by atoms with E-state index < -0.39 is 11.2 Å². The van der Waals surface area contributed by atoms with Crippen molar-refractivity contribution in [2.75, 3.05) is 0 Å². The molecule has 0 saturated carbocycles. The van der Waals surface area contributed by atoms with E-state index in [1.54, 1.807) is 43.8 Å². The Bertz CT molecular complexity index is 1630. The lowest BCUT2D eigenvalue weighted by Crippen LogP contribution is -2.37. The zero-order valence-corrected chi connectivity index (χ0v) is 19.8. The smallest absolute Gasteiger partial charge is 0.332 e. The zero-order valence-electron chi connectivity index (χ0n) is 19.0. The van der Waals surface area contributed by atoms with Gasteiger partial charge in [0.25, 0.3) is 5.56 Å². The van der Waals surface area contributed by atoms with Crippen molar-refractivity contribution in [1.29, 1.82) is 5.26 Å². The van der Waals surface area contributed by atoms with Gasteiger partial charge >= 0.3 is 11.7 Å². The largest absolute Gasteiger partial charge is 0.425 e. The molecule has 4 aromatic rings. The van der Waals surface area contributed by atoms with Gasteiger partial charge in [0.05, 0.1) is 5.56 Å². The second kappa shape index (κ2) is 8.43. The number of aliphatic imine (C=N–C) groups is 1. The molecule has 34 heavy (non-hydrogen) atoms. The summed E-state index contributed by atoms with van der Waals surface area (Å²) in [6, 6.07) is 9.83. The molecule has 0 amide bonds. The number of ether oxygens (including phenoxy) is 1. The number of hydrogen-bond acceptors (Lipinski definition) is 7. The van der Waals surface area contributed by atoms with Gasteiger partial charge in [0.1, 0.15) is 16.8 Å². The molecule has 0 aliphatic heterocycles. The lowest BCUT2D eigenvalue weighted by Gasteiger charge is -2.09. The summed E-state index contributed by atoms with van der Waals surface area (Å²) in [4.78, 5) is 35.1. The van der Waals surface area contributed by atoms with Crippen molar-refractivity contribution in [3.8, 4) is 17.8 Å². The average molecular weight is 475 g/mol. The van der Waals surface area contributed by atoms with Crippen LogP contribution in [0.25, 0.3) is 11.2 Å². The number of aryl methyl sites for hydroxylation is 3. The van der Waals surface area contributed by atoms with Crippen LogP contribution in [0.15, 0.2) is 38.8 Å². The quantitative estimate of drug-likeness (QED) is 0.422. The first kappa shape index (κ1) is 21.9. The Balaban J connectivity index is 1.46. The Morgan fingerprint density at radius 2 is 1.94 bits per heavy atom. The normalized spacial score (nSPS) is 13.4. The Kier molecular flexibility index (Phi) is 5.42. The standard InChI is InChI=1S/C24H22N6O3S/c1-28-19-20(29(2)24(32)30(3)22(19)31)27-23(28)33-15-8-6-7-14(11-15)13-26-21-17(12-25)16-9-4-5-10-18(16)34-21/h6-8,11,13H,4-5,9-10H2,1-3H3. The van der Waals surface area contributed by atoms with Crippen LogP contribution in [-0.4, -0.2) is 24.9 Å². The Morgan fingerprint density at radius 3 is 2.74 bits per heavy atom. The van der Waals surface area contributed by atoms with Crippen molar-refractivity contribution < 1.29 is 4.74 Å². The van der Waals surface area contributed by atoms with E-state index in [0.29, 0.717) is 11.3 Å². The van der Waals surface area contributed by atoms with Crippen molar-refractivity contribution in [3.63, 3.8) is 0 Å². The predicted molar refractivity (Wildman–Crippen MR) is 131 cm³/mol. The van der Waals surface area contributed by atoms with E-state index >= 15 is 0 Å². The molecule has 3 heterocycles. The molecule has 0 spiro atoms. The topological polar surface area (TPSA) is 107 Å². The van der Waals surface area contributed by atoms with E-state index in [0.717, 1.165) is 46.4 Å². The summed E-state index contributed by atoms with van der Waals surface area (Å²) >= 11 is 1.60. The number of aromatic nitrogens is 4. The molecular weight excluding hydrogens is 452 g/mol. The van der Waals surface area contributed by atoms with Gasteiger partial charge < -0.3 is 4.74 Å². The van der Waals surface area contributed by atoms with Gasteiger partial charge in [-0.15, -0.1) is 11.3 Å². The lowest BCUT2D eigenvalue weighted by molar-refractivity contribution is 0.427. The molecule has 3 aromatic heterocycles. The summed E-state index contributed by atoms with van der Waals surface area (Å²) in [6.07, 6.45) is 5.95. The summed E-state index contributed by atoms with van der Waals surface area (Å²) in [7, 11) is 4.67. The highest BCUT2D eigenvalue weighted by atomic mass is 32.1. The second-order valence-corrected chi connectivity index (χ2v) is 9.35. The van der Waals surface area contributed by atoms with Crippen molar-refractivity contribution in [2.24, 2.45) is 26.1 Å². The van der Waals surface area contributed by atoms with E-state index in [9.17, 15) is 14.9 Å². The second-order valence-electron chi connectivity index (χ2n) is 8.27. The molecule has 0 N–H and O–H groups in total. The van der Waals surface area contributed by atoms with Gasteiger partial charge in [-0.05, 0) is 48.9 Å². The van der Waals surface area contributed by atoms with Gasteiger partial charge in [-0.2, -0.15) is 10.2 Å². The predicted octanol–water partition coefficient (Wildman–Crippen LogP) is 3.33. The van der Waals surface area contributed by atoms with Crippen LogP contribution in [0.4, 0.5) is 5.00 Å². The van der Waals surface area contributed by atoms with E-state index in [1.165, 1.54) is 21.1 Å². The molecule has 0 fully saturated rings. The fourth-order valence-corrected chi connectivity index (χ4v) is 5.43. The van der Waals surface area contributed by atoms with Crippen molar-refractivity contribution in [2.45, 2.75) is 25.7 Å². The van der Waals surface area contributed by atoms with E-state index in [4.69, 9.17) is 4.74 Å². The van der Waals surface area contributed by atoms with Gasteiger partial charge in [0, 0.05) is 32.2 Å². The molecule has 1 aromatic carbocycles. The first-order valence-electron chi connectivity index (χ1n) is 10.9. The van der Waals surface area contributed by atoms with Gasteiger partial charge in [-0.3, -0.25) is 18.5 Å². The molecule has 9 nitrogen and oxygen atoms in total. The number of thiophene rings is 1. The Hall–Kier alpha value is -3.97. The third-order valence-electron chi connectivity index (χ3n) is 6.10. The van der Waals surface area contributed by atoms with Crippen LogP contribution in [0.3, 0.4) is 0 Å². The fourth-order valence-electron chi connectivity index (χ4n) is 4.24. The molecule has 1 aliphatic rings. The third kappa shape index (κ3) is 3.54. The number of rotatable bonds is 4. The molecule has 5 rings (SSSR count). The van der Waals surface area contributed by atoms with Crippen LogP contribution in [0.2, 0.25) is 0 Å². The minimum Gasteiger partial charge on any atom is -0.425 e. The van der Waals surface area contributed by atoms with Crippen LogP contribution < -0.4 is 16.0 Å². The van der Waals surface area contributed by atoms with Crippen molar-refractivity contribution in [1.82, 2.24) is 18.7 Å². The Labute approximate surface area is 198 Å². The van der Waals surface area contributed by atoms with Crippen LogP contribution in [0.5, 0.6) is 11.8 Å². The fraction of sp³-hybridized carbons (Fsp3) is 0.292. The number of nitriles is 1. The first-order chi connectivity index (χ1) is 16.4. The van der Waals surface area contributed by atoms with Crippen LogP contribution in [0.1, 0.15) is 34.4 Å². The molecular formula is C24H22N6O3S. The molecule has 0 atom stereocenters. The summed E-state index contributed by atoms with van der Waals surface area (Å²) < 4.78 is 9.86. The molecule has 0 bridgehead atoms. The molecule has 10 heteroatoms. The maximum atomic E-state index is 12.6. The lowest BCUT2D eigenvalue weighted by atomic mass is 9.96. The van der Waals surface area contributed by atoms with Gasteiger partial charge in [0.15, 0.2) is 11.2 Å². The molecule has 0 saturated heterocycles. The highest BCUT2D eigenvalue weighted by molar-refractivity contribution is 7.16. The van der Waals surface area contributed by atoms with Gasteiger partial charge in [0.2, 0.25) is 0 Å². The summed E-state index contributed by atoms with van der Waals surface area (Å²) in [5.41, 5.74) is 2.30. The van der Waals surface area contributed by atoms with Gasteiger partial charge in [-0.1, -0.05) is 12.1 Å².